The topological polar surface area (TPSA) is 56.5 Å². The molecule has 1 aromatic heterocycles. The van der Waals surface area contributed by atoms with Gasteiger partial charge in [-0.3, -0.25) is 9.59 Å². The van der Waals surface area contributed by atoms with Crippen LogP contribution in [0.25, 0.3) is 22.3 Å². The first-order chi connectivity index (χ1) is 13.6. The molecule has 4 aromatic rings. The highest BCUT2D eigenvalue weighted by molar-refractivity contribution is 6.33. The Hall–Kier alpha value is -3.37. The van der Waals surface area contributed by atoms with Gasteiger partial charge in [-0.1, -0.05) is 66.2 Å². The molecule has 0 amide bonds. The minimum absolute atomic E-state index is 0.0314. The molecule has 0 N–H and O–H groups in total. The Labute approximate surface area is 166 Å². The summed E-state index contributed by atoms with van der Waals surface area (Å²) in [5.41, 5.74) is 1.10. The van der Waals surface area contributed by atoms with Gasteiger partial charge in [-0.2, -0.15) is 0 Å². The Kier molecular flexibility index (Phi) is 4.96. The second-order valence-electron chi connectivity index (χ2n) is 6.14. The summed E-state index contributed by atoms with van der Waals surface area (Å²) in [5.74, 6) is -0.0653. The molecule has 0 atom stereocenters. The van der Waals surface area contributed by atoms with Gasteiger partial charge in [0.1, 0.15) is 5.58 Å². The Balaban J connectivity index is 1.81. The van der Waals surface area contributed by atoms with Crippen molar-refractivity contribution in [2.45, 2.75) is 0 Å². The van der Waals surface area contributed by atoms with Gasteiger partial charge in [-0.15, -0.1) is 0 Å². The van der Waals surface area contributed by atoms with Gasteiger partial charge >= 0.3 is 0 Å². The molecule has 0 saturated heterocycles. The molecular formula is C23H15ClO4. The third-order valence-corrected chi connectivity index (χ3v) is 4.65. The molecule has 1 heterocycles. The SMILES string of the molecule is O=C(COc1c(-c2ccccc2Cl)oc2ccccc2c1=O)c1ccccc1. The summed E-state index contributed by atoms with van der Waals surface area (Å²) in [5, 5.41) is 0.792. The lowest BCUT2D eigenvalue weighted by atomic mass is 10.1. The first-order valence-corrected chi connectivity index (χ1v) is 9.05. The molecule has 0 saturated carbocycles. The standard InChI is InChI=1S/C23H15ClO4/c24-18-12-6-4-10-16(18)22-23(21(26)17-11-5-7-13-20(17)28-22)27-14-19(25)15-8-2-1-3-9-15/h1-13H,14H2. The van der Waals surface area contributed by atoms with E-state index >= 15 is 0 Å². The zero-order chi connectivity index (χ0) is 19.5. The number of para-hydroxylation sites is 1. The number of ether oxygens (including phenoxy) is 1. The van der Waals surface area contributed by atoms with Crippen molar-refractivity contribution in [3.63, 3.8) is 0 Å². The third kappa shape index (κ3) is 3.42. The van der Waals surface area contributed by atoms with Gasteiger partial charge < -0.3 is 9.15 Å². The van der Waals surface area contributed by atoms with E-state index in [0.29, 0.717) is 27.1 Å². The summed E-state index contributed by atoms with van der Waals surface area (Å²) >= 11 is 6.31. The third-order valence-electron chi connectivity index (χ3n) is 4.32. The first-order valence-electron chi connectivity index (χ1n) is 8.67. The predicted molar refractivity (Wildman–Crippen MR) is 109 cm³/mol. The van der Waals surface area contributed by atoms with Crippen LogP contribution in [0.1, 0.15) is 10.4 Å². The van der Waals surface area contributed by atoms with Gasteiger partial charge in [-0.25, -0.2) is 0 Å². The zero-order valence-corrected chi connectivity index (χ0v) is 15.5. The van der Waals surface area contributed by atoms with Crippen LogP contribution in [0.5, 0.6) is 5.75 Å². The minimum atomic E-state index is -0.349. The lowest BCUT2D eigenvalue weighted by molar-refractivity contribution is 0.0920. The normalized spacial score (nSPS) is 10.8. The molecule has 0 unspecified atom stereocenters. The monoisotopic (exact) mass is 390 g/mol. The van der Waals surface area contributed by atoms with E-state index in [-0.39, 0.29) is 29.3 Å². The van der Waals surface area contributed by atoms with Gasteiger partial charge in [0.25, 0.3) is 0 Å². The van der Waals surface area contributed by atoms with Crippen LogP contribution in [0.3, 0.4) is 0 Å². The summed E-state index contributed by atoms with van der Waals surface area (Å²) in [4.78, 5) is 25.5. The lowest BCUT2D eigenvalue weighted by Gasteiger charge is -2.12. The molecule has 5 heteroatoms. The van der Waals surface area contributed by atoms with Crippen LogP contribution in [0, 0.1) is 0 Å². The number of hydrogen-bond acceptors (Lipinski definition) is 4. The number of Topliss-reactive ketones (excluding diaryl/α,β-unsaturated/α-hetero) is 1. The van der Waals surface area contributed by atoms with E-state index < -0.39 is 0 Å². The maximum absolute atomic E-state index is 13.0. The fourth-order valence-corrected chi connectivity index (χ4v) is 3.15. The minimum Gasteiger partial charge on any atom is -0.478 e. The van der Waals surface area contributed by atoms with E-state index in [1.54, 1.807) is 72.8 Å². The van der Waals surface area contributed by atoms with Crippen molar-refractivity contribution in [2.24, 2.45) is 0 Å². The second-order valence-corrected chi connectivity index (χ2v) is 6.55. The van der Waals surface area contributed by atoms with Crippen LogP contribution < -0.4 is 10.2 Å². The molecule has 4 rings (SSSR count). The number of halogens is 1. The molecule has 0 bridgehead atoms. The molecule has 3 aromatic carbocycles. The Morgan fingerprint density at radius 3 is 2.36 bits per heavy atom. The van der Waals surface area contributed by atoms with Gasteiger partial charge in [0.2, 0.25) is 11.2 Å². The smallest absolute Gasteiger partial charge is 0.235 e. The van der Waals surface area contributed by atoms with E-state index in [4.69, 9.17) is 20.8 Å². The number of ketones is 1. The van der Waals surface area contributed by atoms with Gasteiger partial charge in [0.05, 0.1) is 10.4 Å². The van der Waals surface area contributed by atoms with Crippen molar-refractivity contribution in [1.29, 1.82) is 0 Å². The number of rotatable bonds is 5. The number of carbonyl (C=O) groups excluding carboxylic acids is 1. The fourth-order valence-electron chi connectivity index (χ4n) is 2.92. The Bertz CT molecular complexity index is 1210. The molecule has 0 aliphatic heterocycles. The molecular weight excluding hydrogens is 376 g/mol. The van der Waals surface area contributed by atoms with Crippen molar-refractivity contribution >= 4 is 28.4 Å². The van der Waals surface area contributed by atoms with Gasteiger partial charge in [0.15, 0.2) is 18.2 Å². The number of hydrogen-bond donors (Lipinski definition) is 0. The fraction of sp³-hybridized carbons (Fsp3) is 0.0435. The molecule has 0 aliphatic carbocycles. The zero-order valence-electron chi connectivity index (χ0n) is 14.7. The summed E-state index contributed by atoms with van der Waals surface area (Å²) in [6.07, 6.45) is 0. The summed E-state index contributed by atoms with van der Waals surface area (Å²) in [6, 6.07) is 22.7. The van der Waals surface area contributed by atoms with Crippen LogP contribution in [0.4, 0.5) is 0 Å². The van der Waals surface area contributed by atoms with Gasteiger partial charge in [-0.05, 0) is 24.3 Å². The Morgan fingerprint density at radius 2 is 1.57 bits per heavy atom. The average molecular weight is 391 g/mol. The van der Waals surface area contributed by atoms with Crippen LogP contribution in [0.15, 0.2) is 88.1 Å². The number of benzene rings is 3. The van der Waals surface area contributed by atoms with Crippen LogP contribution >= 0.6 is 11.6 Å². The second kappa shape index (κ2) is 7.71. The lowest BCUT2D eigenvalue weighted by Crippen LogP contribution is -2.17. The first kappa shape index (κ1) is 18.0. The van der Waals surface area contributed by atoms with Crippen molar-refractivity contribution in [2.75, 3.05) is 6.61 Å². The largest absolute Gasteiger partial charge is 0.478 e. The Morgan fingerprint density at radius 1 is 0.893 bits per heavy atom. The van der Waals surface area contributed by atoms with E-state index in [1.807, 2.05) is 6.07 Å². The number of fused-ring (bicyclic) bond motifs is 1. The van der Waals surface area contributed by atoms with Crippen molar-refractivity contribution in [1.82, 2.24) is 0 Å². The predicted octanol–water partition coefficient (Wildman–Crippen LogP) is 5.38. The van der Waals surface area contributed by atoms with Crippen molar-refractivity contribution < 1.29 is 13.9 Å². The summed E-state index contributed by atoms with van der Waals surface area (Å²) in [7, 11) is 0. The van der Waals surface area contributed by atoms with E-state index in [9.17, 15) is 9.59 Å². The highest BCUT2D eigenvalue weighted by Gasteiger charge is 2.20. The summed E-state index contributed by atoms with van der Waals surface area (Å²) < 4.78 is 11.6. The molecule has 0 radical (unpaired) electrons. The molecule has 4 nitrogen and oxygen atoms in total. The maximum atomic E-state index is 13.0. The molecule has 0 fully saturated rings. The quantitative estimate of drug-likeness (QED) is 0.429. The van der Waals surface area contributed by atoms with E-state index in [2.05, 4.69) is 0 Å². The molecule has 138 valence electrons. The van der Waals surface area contributed by atoms with Crippen LogP contribution in [-0.2, 0) is 0 Å². The average Bonchev–Trinajstić information content (AvgIpc) is 2.74. The van der Waals surface area contributed by atoms with E-state index in [1.165, 1.54) is 0 Å². The highest BCUT2D eigenvalue weighted by Crippen LogP contribution is 2.35. The molecule has 28 heavy (non-hydrogen) atoms. The van der Waals surface area contributed by atoms with Gasteiger partial charge in [0, 0.05) is 11.1 Å². The maximum Gasteiger partial charge on any atom is 0.235 e. The van der Waals surface area contributed by atoms with Crippen molar-refractivity contribution in [3.8, 4) is 17.1 Å². The summed E-state index contributed by atoms with van der Waals surface area (Å²) in [6.45, 7) is -0.287. The van der Waals surface area contributed by atoms with Crippen LogP contribution in [0.2, 0.25) is 5.02 Å². The highest BCUT2D eigenvalue weighted by atomic mass is 35.5. The number of carbonyl (C=O) groups is 1. The molecule has 0 aliphatic rings. The van der Waals surface area contributed by atoms with Crippen LogP contribution in [-0.4, -0.2) is 12.4 Å². The molecule has 0 spiro atoms. The van der Waals surface area contributed by atoms with Crippen molar-refractivity contribution in [3.05, 3.63) is 99.7 Å². The van der Waals surface area contributed by atoms with E-state index in [0.717, 1.165) is 0 Å².